The maximum Gasteiger partial charge on any atom is 0.127 e. The normalized spacial score (nSPS) is 16.8. The van der Waals surface area contributed by atoms with Gasteiger partial charge in [0.25, 0.3) is 0 Å². The molecule has 1 aliphatic rings. The highest BCUT2D eigenvalue weighted by atomic mass is 32.1. The number of hydrogen-bond acceptors (Lipinski definition) is 2. The molecule has 0 saturated carbocycles. The maximum absolute atomic E-state index is 14.2. The van der Waals surface area contributed by atoms with Crippen LogP contribution in [0.5, 0.6) is 0 Å². The number of hydrogen-bond donors (Lipinski definition) is 1. The Balaban J connectivity index is 1.76. The highest BCUT2D eigenvalue weighted by Crippen LogP contribution is 2.37. The van der Waals surface area contributed by atoms with Crippen LogP contribution in [-0.4, -0.2) is 13.1 Å². The topological polar surface area (TPSA) is 12.0 Å². The van der Waals surface area contributed by atoms with Gasteiger partial charge in [0.2, 0.25) is 0 Å². The number of rotatable bonds is 3. The fourth-order valence-corrected chi connectivity index (χ4v) is 4.23. The van der Waals surface area contributed by atoms with Crippen LogP contribution in [0.1, 0.15) is 11.1 Å². The van der Waals surface area contributed by atoms with Gasteiger partial charge in [0.15, 0.2) is 0 Å². The van der Waals surface area contributed by atoms with Gasteiger partial charge in [0.1, 0.15) is 5.82 Å². The Labute approximate surface area is 127 Å². The van der Waals surface area contributed by atoms with E-state index in [1.165, 1.54) is 15.6 Å². The van der Waals surface area contributed by atoms with Crippen LogP contribution in [0.25, 0.3) is 10.1 Å². The zero-order valence-electron chi connectivity index (χ0n) is 11.6. The van der Waals surface area contributed by atoms with E-state index in [0.29, 0.717) is 0 Å². The SMILES string of the molecule is Fc1ccccc1C1(Cc2csc3ccccc23)CNC1. The Morgan fingerprint density at radius 3 is 2.57 bits per heavy atom. The first-order chi connectivity index (χ1) is 10.3. The largest absolute Gasteiger partial charge is 0.315 e. The van der Waals surface area contributed by atoms with Gasteiger partial charge in [-0.15, -0.1) is 11.3 Å². The molecule has 2 aromatic carbocycles. The zero-order chi connectivity index (χ0) is 14.3. The van der Waals surface area contributed by atoms with Crippen molar-refractivity contribution in [2.24, 2.45) is 0 Å². The van der Waals surface area contributed by atoms with Crippen molar-refractivity contribution in [1.82, 2.24) is 5.32 Å². The van der Waals surface area contributed by atoms with Crippen LogP contribution in [0.2, 0.25) is 0 Å². The quantitative estimate of drug-likeness (QED) is 0.766. The van der Waals surface area contributed by atoms with Crippen LogP contribution >= 0.6 is 11.3 Å². The minimum Gasteiger partial charge on any atom is -0.315 e. The molecule has 0 amide bonds. The molecule has 106 valence electrons. The van der Waals surface area contributed by atoms with Crippen LogP contribution in [0.15, 0.2) is 53.9 Å². The average Bonchev–Trinajstić information content (AvgIpc) is 2.87. The smallest absolute Gasteiger partial charge is 0.127 e. The number of halogens is 1. The predicted octanol–water partition coefficient (Wildman–Crippen LogP) is 4.12. The summed E-state index contributed by atoms with van der Waals surface area (Å²) in [6, 6.07) is 15.7. The summed E-state index contributed by atoms with van der Waals surface area (Å²) in [5.74, 6) is -0.0847. The molecule has 21 heavy (non-hydrogen) atoms. The lowest BCUT2D eigenvalue weighted by Gasteiger charge is -2.43. The van der Waals surface area contributed by atoms with E-state index >= 15 is 0 Å². The summed E-state index contributed by atoms with van der Waals surface area (Å²) in [5.41, 5.74) is 2.08. The van der Waals surface area contributed by atoms with Crippen molar-refractivity contribution in [3.63, 3.8) is 0 Å². The predicted molar refractivity (Wildman–Crippen MR) is 86.5 cm³/mol. The fraction of sp³-hybridized carbons (Fsp3) is 0.222. The van der Waals surface area contributed by atoms with Crippen molar-refractivity contribution in [3.8, 4) is 0 Å². The van der Waals surface area contributed by atoms with Gasteiger partial charge in [-0.3, -0.25) is 0 Å². The maximum atomic E-state index is 14.2. The lowest BCUT2D eigenvalue weighted by molar-refractivity contribution is 0.266. The Kier molecular flexibility index (Phi) is 3.05. The molecule has 3 heteroatoms. The summed E-state index contributed by atoms with van der Waals surface area (Å²) in [4.78, 5) is 0. The first-order valence-corrected chi connectivity index (χ1v) is 8.07. The molecule has 2 heterocycles. The van der Waals surface area contributed by atoms with E-state index in [1.807, 2.05) is 12.1 Å². The number of nitrogens with one attached hydrogen (secondary N) is 1. The molecule has 0 unspecified atom stereocenters. The lowest BCUT2D eigenvalue weighted by atomic mass is 9.71. The van der Waals surface area contributed by atoms with Gasteiger partial charge in [0.05, 0.1) is 0 Å². The number of fused-ring (bicyclic) bond motifs is 1. The molecule has 1 fully saturated rings. The Morgan fingerprint density at radius 2 is 1.81 bits per heavy atom. The lowest BCUT2D eigenvalue weighted by Crippen LogP contribution is -2.58. The van der Waals surface area contributed by atoms with Crippen molar-refractivity contribution in [2.45, 2.75) is 11.8 Å². The van der Waals surface area contributed by atoms with Gasteiger partial charge in [-0.05, 0) is 40.4 Å². The summed E-state index contributed by atoms with van der Waals surface area (Å²) in [5, 5.41) is 6.86. The zero-order valence-corrected chi connectivity index (χ0v) is 12.4. The molecule has 1 nitrogen and oxygen atoms in total. The minimum absolute atomic E-state index is 0.0847. The van der Waals surface area contributed by atoms with Crippen molar-refractivity contribution >= 4 is 21.4 Å². The van der Waals surface area contributed by atoms with Crippen molar-refractivity contribution in [2.75, 3.05) is 13.1 Å². The molecular formula is C18H16FNS. The molecule has 1 N–H and O–H groups in total. The molecule has 1 saturated heterocycles. The monoisotopic (exact) mass is 297 g/mol. The van der Waals surface area contributed by atoms with Crippen LogP contribution in [0.4, 0.5) is 4.39 Å². The van der Waals surface area contributed by atoms with E-state index in [2.05, 4.69) is 35.0 Å². The molecule has 3 aromatic rings. The second-order valence-corrected chi connectivity index (χ2v) is 6.71. The molecule has 0 atom stereocenters. The van der Waals surface area contributed by atoms with E-state index < -0.39 is 0 Å². The molecule has 0 bridgehead atoms. The second-order valence-electron chi connectivity index (χ2n) is 5.80. The van der Waals surface area contributed by atoms with Crippen LogP contribution in [0, 0.1) is 5.82 Å². The summed E-state index contributed by atoms with van der Waals surface area (Å²) >= 11 is 1.77. The van der Waals surface area contributed by atoms with Crippen LogP contribution < -0.4 is 5.32 Å². The molecule has 0 radical (unpaired) electrons. The van der Waals surface area contributed by atoms with E-state index in [9.17, 15) is 4.39 Å². The molecular weight excluding hydrogens is 281 g/mol. The van der Waals surface area contributed by atoms with Gasteiger partial charge in [-0.2, -0.15) is 0 Å². The third-order valence-corrected chi connectivity index (χ3v) is 5.47. The van der Waals surface area contributed by atoms with E-state index in [0.717, 1.165) is 25.1 Å². The summed E-state index contributed by atoms with van der Waals surface area (Å²) < 4.78 is 15.5. The molecule has 4 rings (SSSR count). The Morgan fingerprint density at radius 1 is 1.05 bits per heavy atom. The van der Waals surface area contributed by atoms with Crippen LogP contribution in [-0.2, 0) is 11.8 Å². The average molecular weight is 297 g/mol. The molecule has 0 aliphatic carbocycles. The van der Waals surface area contributed by atoms with Gasteiger partial charge >= 0.3 is 0 Å². The molecule has 1 aromatic heterocycles. The summed E-state index contributed by atoms with van der Waals surface area (Å²) in [6.45, 7) is 1.69. The minimum atomic E-state index is -0.102. The molecule has 1 aliphatic heterocycles. The van der Waals surface area contributed by atoms with E-state index in [4.69, 9.17) is 0 Å². The Hall–Kier alpha value is -1.71. The fourth-order valence-electron chi connectivity index (χ4n) is 3.26. The molecule has 0 spiro atoms. The van der Waals surface area contributed by atoms with Gasteiger partial charge < -0.3 is 5.32 Å². The third-order valence-electron chi connectivity index (χ3n) is 4.46. The highest BCUT2D eigenvalue weighted by molar-refractivity contribution is 7.17. The van der Waals surface area contributed by atoms with E-state index in [1.54, 1.807) is 23.5 Å². The van der Waals surface area contributed by atoms with Gasteiger partial charge in [0, 0.05) is 23.2 Å². The summed E-state index contributed by atoms with van der Waals surface area (Å²) in [6.07, 6.45) is 0.894. The number of thiophene rings is 1. The summed E-state index contributed by atoms with van der Waals surface area (Å²) in [7, 11) is 0. The first-order valence-electron chi connectivity index (χ1n) is 7.19. The first kappa shape index (κ1) is 13.0. The highest BCUT2D eigenvalue weighted by Gasteiger charge is 2.40. The third kappa shape index (κ3) is 2.08. The van der Waals surface area contributed by atoms with Crippen molar-refractivity contribution < 1.29 is 4.39 Å². The second kappa shape index (κ2) is 4.93. The Bertz CT molecular complexity index is 789. The van der Waals surface area contributed by atoms with E-state index in [-0.39, 0.29) is 11.2 Å². The van der Waals surface area contributed by atoms with Crippen LogP contribution in [0.3, 0.4) is 0 Å². The standard InChI is InChI=1S/C18H16FNS/c19-16-7-3-2-6-15(16)18(11-20-12-18)9-13-10-21-17-8-4-1-5-14(13)17/h1-8,10,20H,9,11-12H2. The van der Waals surface area contributed by atoms with Gasteiger partial charge in [-0.25, -0.2) is 4.39 Å². The number of benzene rings is 2. The van der Waals surface area contributed by atoms with Crippen molar-refractivity contribution in [1.29, 1.82) is 0 Å². The van der Waals surface area contributed by atoms with Gasteiger partial charge in [-0.1, -0.05) is 36.4 Å². The van der Waals surface area contributed by atoms with Crippen molar-refractivity contribution in [3.05, 3.63) is 70.9 Å².